The minimum Gasteiger partial charge on any atom is -0.257 e. The molecule has 4 nitrogen and oxygen atoms in total. The summed E-state index contributed by atoms with van der Waals surface area (Å²) in [7, 11) is 0. The molecule has 0 bridgehead atoms. The van der Waals surface area contributed by atoms with E-state index in [2.05, 4.69) is 9.83 Å². The summed E-state index contributed by atoms with van der Waals surface area (Å²) < 4.78 is 0. The van der Waals surface area contributed by atoms with Gasteiger partial charge in [0.05, 0.1) is 29.5 Å². The first-order valence-electron chi connectivity index (χ1n) is 7.15. The minimum absolute atomic E-state index is 0.199. The molecule has 3 aromatic rings. The maximum Gasteiger partial charge on any atom is 0.197 e. The summed E-state index contributed by atoms with van der Waals surface area (Å²) >= 11 is 0. The molecular weight excluding hydrogens is 296 g/mol. The Hall–Kier alpha value is -3.94. The zero-order valence-electron chi connectivity index (χ0n) is 12.6. The Labute approximate surface area is 139 Å². The highest BCUT2D eigenvalue weighted by molar-refractivity contribution is 5.88. The molecular formula is C20H10N4. The average molecular weight is 306 g/mol. The zero-order chi connectivity index (χ0) is 16.9. The molecule has 0 N–H and O–H groups in total. The quantitative estimate of drug-likeness (QED) is 0.644. The summed E-state index contributed by atoms with van der Waals surface area (Å²) in [6.07, 6.45) is 1.65. The highest BCUT2D eigenvalue weighted by Crippen LogP contribution is 2.37. The third-order valence-electron chi connectivity index (χ3n) is 3.64. The maximum atomic E-state index is 9.27. The average Bonchev–Trinajstić information content (AvgIpc) is 2.67. The number of pyridine rings is 1. The summed E-state index contributed by atoms with van der Waals surface area (Å²) in [6.45, 7) is 7.41. The summed E-state index contributed by atoms with van der Waals surface area (Å²) in [4.78, 5) is 7.94. The fourth-order valence-corrected chi connectivity index (χ4v) is 2.53. The number of nitrogens with zero attached hydrogens (tertiary/aromatic N) is 4. The van der Waals surface area contributed by atoms with Crippen molar-refractivity contribution in [1.29, 1.82) is 10.5 Å². The van der Waals surface area contributed by atoms with Gasteiger partial charge in [-0.1, -0.05) is 36.4 Å². The maximum absolute atomic E-state index is 9.27. The Kier molecular flexibility index (Phi) is 4.02. The van der Waals surface area contributed by atoms with Crippen LogP contribution in [0, 0.1) is 29.2 Å². The van der Waals surface area contributed by atoms with Crippen LogP contribution in [0.15, 0.2) is 60.8 Å². The van der Waals surface area contributed by atoms with Crippen LogP contribution in [0.1, 0.15) is 11.1 Å². The Morgan fingerprint density at radius 1 is 0.875 bits per heavy atom. The van der Waals surface area contributed by atoms with Crippen molar-refractivity contribution in [3.05, 3.63) is 83.3 Å². The van der Waals surface area contributed by atoms with E-state index in [0.29, 0.717) is 16.9 Å². The molecule has 0 aliphatic heterocycles. The molecule has 0 unspecified atom stereocenters. The molecule has 110 valence electrons. The topological polar surface area (TPSA) is 64.8 Å². The minimum atomic E-state index is 0.199. The molecule has 0 spiro atoms. The Balaban J connectivity index is 2.31. The monoisotopic (exact) mass is 306 g/mol. The van der Waals surface area contributed by atoms with Crippen molar-refractivity contribution in [3.63, 3.8) is 0 Å². The molecule has 0 aliphatic carbocycles. The molecule has 24 heavy (non-hydrogen) atoms. The Morgan fingerprint density at radius 3 is 2.25 bits per heavy atom. The van der Waals surface area contributed by atoms with Crippen molar-refractivity contribution in [1.82, 2.24) is 4.98 Å². The second-order valence-electron chi connectivity index (χ2n) is 5.02. The molecule has 2 aromatic carbocycles. The number of hydrogen-bond acceptors (Lipinski definition) is 3. The van der Waals surface area contributed by atoms with Gasteiger partial charge >= 0.3 is 0 Å². The van der Waals surface area contributed by atoms with Gasteiger partial charge in [0.1, 0.15) is 6.07 Å². The van der Waals surface area contributed by atoms with Crippen LogP contribution in [0.25, 0.3) is 27.2 Å². The Morgan fingerprint density at radius 2 is 1.58 bits per heavy atom. The first kappa shape index (κ1) is 15.0. The van der Waals surface area contributed by atoms with Crippen molar-refractivity contribution in [3.8, 4) is 34.5 Å². The third kappa shape index (κ3) is 2.59. The van der Waals surface area contributed by atoms with Crippen LogP contribution in [-0.2, 0) is 0 Å². The molecule has 0 fully saturated rings. The van der Waals surface area contributed by atoms with E-state index in [0.717, 1.165) is 11.1 Å². The summed E-state index contributed by atoms with van der Waals surface area (Å²) in [5, 5.41) is 18.4. The lowest BCUT2D eigenvalue weighted by Crippen LogP contribution is -1.92. The second kappa shape index (κ2) is 6.44. The number of rotatable bonds is 2. The lowest BCUT2D eigenvalue weighted by atomic mass is 9.95. The van der Waals surface area contributed by atoms with Gasteiger partial charge in [-0.2, -0.15) is 10.5 Å². The van der Waals surface area contributed by atoms with E-state index in [4.69, 9.17) is 11.8 Å². The zero-order valence-corrected chi connectivity index (χ0v) is 12.6. The standard InChI is InChI=1S/C20H10N4/c1-23-19-11-16(13-22)15(12-21)10-18(19)20-17(8-5-9-24-20)14-6-3-2-4-7-14/h2-11H. The van der Waals surface area contributed by atoms with Gasteiger partial charge in [-0.25, -0.2) is 4.85 Å². The van der Waals surface area contributed by atoms with Crippen LogP contribution in [0.5, 0.6) is 0 Å². The fourth-order valence-electron chi connectivity index (χ4n) is 2.53. The first-order chi connectivity index (χ1) is 11.8. The molecule has 0 atom stereocenters. The second-order valence-corrected chi connectivity index (χ2v) is 5.02. The molecule has 0 aliphatic rings. The van der Waals surface area contributed by atoms with E-state index in [1.54, 1.807) is 12.3 Å². The molecule has 0 amide bonds. The Bertz CT molecular complexity index is 1030. The van der Waals surface area contributed by atoms with Crippen molar-refractivity contribution in [2.24, 2.45) is 0 Å². The van der Waals surface area contributed by atoms with E-state index in [-0.39, 0.29) is 11.1 Å². The van der Waals surface area contributed by atoms with E-state index in [1.165, 1.54) is 6.07 Å². The van der Waals surface area contributed by atoms with Gasteiger partial charge in [0, 0.05) is 17.3 Å². The van der Waals surface area contributed by atoms with Crippen LogP contribution < -0.4 is 0 Å². The fraction of sp³-hybridized carbons (Fsp3) is 0. The first-order valence-corrected chi connectivity index (χ1v) is 7.15. The smallest absolute Gasteiger partial charge is 0.197 e. The van der Waals surface area contributed by atoms with Crippen molar-refractivity contribution in [2.75, 3.05) is 0 Å². The molecule has 0 saturated heterocycles. The molecule has 3 rings (SSSR count). The van der Waals surface area contributed by atoms with Gasteiger partial charge < -0.3 is 0 Å². The van der Waals surface area contributed by atoms with Gasteiger partial charge in [0.2, 0.25) is 0 Å². The van der Waals surface area contributed by atoms with Crippen LogP contribution in [0.4, 0.5) is 5.69 Å². The van der Waals surface area contributed by atoms with E-state index < -0.39 is 0 Å². The number of aromatic nitrogens is 1. The predicted octanol–water partition coefficient (Wildman–Crippen LogP) is 4.71. The van der Waals surface area contributed by atoms with Crippen molar-refractivity contribution < 1.29 is 0 Å². The number of hydrogen-bond donors (Lipinski definition) is 0. The largest absolute Gasteiger partial charge is 0.257 e. The summed E-state index contributed by atoms with van der Waals surface area (Å²) in [5.74, 6) is 0. The van der Waals surface area contributed by atoms with Crippen LogP contribution in [-0.4, -0.2) is 4.98 Å². The van der Waals surface area contributed by atoms with Crippen molar-refractivity contribution >= 4 is 5.69 Å². The highest BCUT2D eigenvalue weighted by Gasteiger charge is 2.16. The number of nitriles is 2. The van der Waals surface area contributed by atoms with Gasteiger partial charge in [-0.15, -0.1) is 0 Å². The SMILES string of the molecule is [C-]#[N+]c1cc(C#N)c(C#N)cc1-c1ncccc1-c1ccccc1. The summed E-state index contributed by atoms with van der Waals surface area (Å²) in [5.41, 5.74) is 3.77. The molecule has 0 radical (unpaired) electrons. The summed E-state index contributed by atoms with van der Waals surface area (Å²) in [6, 6.07) is 20.5. The lowest BCUT2D eigenvalue weighted by Gasteiger charge is -2.11. The van der Waals surface area contributed by atoms with Gasteiger partial charge in [0.15, 0.2) is 5.69 Å². The van der Waals surface area contributed by atoms with E-state index in [9.17, 15) is 5.26 Å². The molecule has 0 saturated carbocycles. The van der Waals surface area contributed by atoms with E-state index >= 15 is 0 Å². The molecule has 1 aromatic heterocycles. The lowest BCUT2D eigenvalue weighted by molar-refractivity contribution is 1.32. The van der Waals surface area contributed by atoms with Gasteiger partial charge in [-0.05, 0) is 23.8 Å². The highest BCUT2D eigenvalue weighted by atomic mass is 14.7. The predicted molar refractivity (Wildman–Crippen MR) is 90.8 cm³/mol. The normalized spacial score (nSPS) is 9.54. The van der Waals surface area contributed by atoms with Gasteiger partial charge in [0.25, 0.3) is 0 Å². The van der Waals surface area contributed by atoms with Gasteiger partial charge in [-0.3, -0.25) is 4.98 Å². The third-order valence-corrected chi connectivity index (χ3v) is 3.64. The van der Waals surface area contributed by atoms with Crippen LogP contribution >= 0.6 is 0 Å². The number of benzene rings is 2. The van der Waals surface area contributed by atoms with Crippen molar-refractivity contribution in [2.45, 2.75) is 0 Å². The molecule has 4 heteroatoms. The van der Waals surface area contributed by atoms with Crippen LogP contribution in [0.2, 0.25) is 0 Å². The molecule has 1 heterocycles. The van der Waals surface area contributed by atoms with E-state index in [1.807, 2.05) is 54.6 Å². The van der Waals surface area contributed by atoms with Crippen LogP contribution in [0.3, 0.4) is 0 Å².